The summed E-state index contributed by atoms with van der Waals surface area (Å²) in [4.78, 5) is 16.5. The Labute approximate surface area is 116 Å². The Morgan fingerprint density at radius 1 is 1.50 bits per heavy atom. The summed E-state index contributed by atoms with van der Waals surface area (Å²) in [6.45, 7) is 0. The number of pyridine rings is 1. The minimum Gasteiger partial charge on any atom is -0.480 e. The molecule has 0 saturated heterocycles. The third-order valence-corrected chi connectivity index (χ3v) is 3.28. The molecule has 1 N–H and O–H groups in total. The van der Waals surface area contributed by atoms with Crippen molar-refractivity contribution < 1.29 is 9.53 Å². The van der Waals surface area contributed by atoms with Gasteiger partial charge in [-0.1, -0.05) is 0 Å². The Balaban J connectivity index is 1.86. The lowest BCUT2D eigenvalue weighted by atomic mass is 10.1. The average molecular weight is 272 g/mol. The molecule has 0 atom stereocenters. The molecule has 1 fully saturated rings. The van der Waals surface area contributed by atoms with Crippen LogP contribution >= 0.6 is 0 Å². The van der Waals surface area contributed by atoms with Crippen molar-refractivity contribution in [2.45, 2.75) is 18.8 Å². The Bertz CT molecular complexity index is 646. The molecule has 1 aliphatic carbocycles. The summed E-state index contributed by atoms with van der Waals surface area (Å²) in [5.41, 5.74) is 2.07. The first-order valence-corrected chi connectivity index (χ1v) is 6.53. The molecule has 0 aliphatic heterocycles. The normalized spacial score (nSPS) is 14.1. The molecule has 2 aromatic heterocycles. The molecule has 6 nitrogen and oxygen atoms in total. The highest BCUT2D eigenvalue weighted by Crippen LogP contribution is 2.40. The van der Waals surface area contributed by atoms with Gasteiger partial charge in [-0.15, -0.1) is 0 Å². The molecule has 3 rings (SSSR count). The number of nitrogens with one attached hydrogen (secondary N) is 1. The van der Waals surface area contributed by atoms with Crippen LogP contribution in [-0.4, -0.2) is 27.8 Å². The van der Waals surface area contributed by atoms with Crippen molar-refractivity contribution in [2.75, 3.05) is 12.4 Å². The third-order valence-electron chi connectivity index (χ3n) is 3.28. The quantitative estimate of drug-likeness (QED) is 0.923. The number of aryl methyl sites for hydroxylation is 1. The number of methoxy groups -OCH3 is 1. The number of hydrogen-bond acceptors (Lipinski definition) is 4. The number of ether oxygens (including phenoxy) is 1. The summed E-state index contributed by atoms with van der Waals surface area (Å²) in [5.74, 6) is 0.650. The maximum Gasteiger partial charge on any atom is 0.259 e. The molecule has 0 aromatic carbocycles. The van der Waals surface area contributed by atoms with Crippen LogP contribution in [0.15, 0.2) is 24.5 Å². The van der Waals surface area contributed by atoms with Gasteiger partial charge in [0, 0.05) is 25.4 Å². The number of hydrogen-bond donors (Lipinski definition) is 1. The maximum atomic E-state index is 12.4. The second kappa shape index (κ2) is 4.96. The Hall–Kier alpha value is -2.37. The first-order valence-electron chi connectivity index (χ1n) is 6.53. The molecular formula is C14H16N4O2. The molecule has 0 unspecified atom stereocenters. The van der Waals surface area contributed by atoms with Gasteiger partial charge >= 0.3 is 0 Å². The highest BCUT2D eigenvalue weighted by molar-refractivity contribution is 6.05. The van der Waals surface area contributed by atoms with Gasteiger partial charge in [-0.05, 0) is 25.0 Å². The van der Waals surface area contributed by atoms with Crippen molar-refractivity contribution in [3.8, 4) is 5.88 Å². The van der Waals surface area contributed by atoms with Crippen LogP contribution < -0.4 is 10.1 Å². The fraction of sp³-hybridized carbons (Fsp3) is 0.357. The van der Waals surface area contributed by atoms with Gasteiger partial charge < -0.3 is 10.1 Å². The Morgan fingerprint density at radius 2 is 2.30 bits per heavy atom. The lowest BCUT2D eigenvalue weighted by Crippen LogP contribution is -2.14. The molecular weight excluding hydrogens is 256 g/mol. The van der Waals surface area contributed by atoms with E-state index >= 15 is 0 Å². The molecule has 6 heteroatoms. The van der Waals surface area contributed by atoms with Crippen LogP contribution in [0.25, 0.3) is 0 Å². The predicted octanol–water partition coefficient (Wildman–Crippen LogP) is 1.95. The summed E-state index contributed by atoms with van der Waals surface area (Å²) in [6.07, 6.45) is 5.58. The second-order valence-electron chi connectivity index (χ2n) is 4.89. The van der Waals surface area contributed by atoms with E-state index in [1.807, 2.05) is 7.05 Å². The van der Waals surface area contributed by atoms with Crippen LogP contribution in [-0.2, 0) is 7.05 Å². The van der Waals surface area contributed by atoms with E-state index in [4.69, 9.17) is 4.74 Å². The van der Waals surface area contributed by atoms with Crippen molar-refractivity contribution in [1.29, 1.82) is 0 Å². The van der Waals surface area contributed by atoms with E-state index in [2.05, 4.69) is 15.4 Å². The second-order valence-corrected chi connectivity index (χ2v) is 4.89. The minimum absolute atomic E-state index is 0.175. The zero-order chi connectivity index (χ0) is 14.1. The average Bonchev–Trinajstić information content (AvgIpc) is 3.22. The van der Waals surface area contributed by atoms with E-state index in [-0.39, 0.29) is 5.91 Å². The van der Waals surface area contributed by atoms with Crippen LogP contribution in [0.2, 0.25) is 0 Å². The number of aromatic nitrogens is 3. The van der Waals surface area contributed by atoms with Crippen molar-refractivity contribution in [1.82, 2.24) is 14.8 Å². The largest absolute Gasteiger partial charge is 0.480 e. The van der Waals surface area contributed by atoms with Gasteiger partial charge in [0.1, 0.15) is 5.69 Å². The smallest absolute Gasteiger partial charge is 0.259 e. The molecule has 2 aromatic rings. The zero-order valence-electron chi connectivity index (χ0n) is 11.5. The van der Waals surface area contributed by atoms with Crippen LogP contribution in [0.5, 0.6) is 5.88 Å². The Morgan fingerprint density at radius 3 is 3.00 bits per heavy atom. The van der Waals surface area contributed by atoms with Gasteiger partial charge in [0.25, 0.3) is 5.91 Å². The lowest BCUT2D eigenvalue weighted by Gasteiger charge is -2.08. The van der Waals surface area contributed by atoms with Gasteiger partial charge in [0.2, 0.25) is 5.88 Å². The number of nitrogens with zero attached hydrogens (tertiary/aromatic N) is 3. The number of amides is 1. The van der Waals surface area contributed by atoms with Crippen molar-refractivity contribution in [3.05, 3.63) is 35.8 Å². The van der Waals surface area contributed by atoms with E-state index in [9.17, 15) is 4.79 Å². The molecule has 1 saturated carbocycles. The topological polar surface area (TPSA) is 69.0 Å². The molecule has 1 aliphatic rings. The third kappa shape index (κ3) is 2.36. The fourth-order valence-corrected chi connectivity index (χ4v) is 2.18. The van der Waals surface area contributed by atoms with Crippen LogP contribution in [0.3, 0.4) is 0 Å². The number of carbonyl (C=O) groups is 1. The van der Waals surface area contributed by atoms with Crippen molar-refractivity contribution in [3.63, 3.8) is 0 Å². The van der Waals surface area contributed by atoms with E-state index in [0.717, 1.165) is 18.5 Å². The standard InChI is InChI=1S/C14H16N4O2/c1-18-8-10(12(17-18)9-5-6-9)13(19)16-11-4-3-7-15-14(11)20-2/h3-4,7-9H,5-6H2,1-2H3,(H,16,19). The lowest BCUT2D eigenvalue weighted by molar-refractivity contribution is 0.102. The van der Waals surface area contributed by atoms with E-state index in [0.29, 0.717) is 23.0 Å². The highest BCUT2D eigenvalue weighted by Gasteiger charge is 2.31. The van der Waals surface area contributed by atoms with Crippen LogP contribution in [0.4, 0.5) is 5.69 Å². The van der Waals surface area contributed by atoms with Gasteiger partial charge in [-0.2, -0.15) is 5.10 Å². The first-order chi connectivity index (χ1) is 9.69. The molecule has 104 valence electrons. The zero-order valence-corrected chi connectivity index (χ0v) is 11.5. The van der Waals surface area contributed by atoms with Gasteiger partial charge in [0.05, 0.1) is 18.4 Å². The number of carbonyl (C=O) groups excluding carboxylic acids is 1. The summed E-state index contributed by atoms with van der Waals surface area (Å²) >= 11 is 0. The molecule has 0 bridgehead atoms. The van der Waals surface area contributed by atoms with Crippen molar-refractivity contribution in [2.24, 2.45) is 7.05 Å². The van der Waals surface area contributed by atoms with Gasteiger partial charge in [0.15, 0.2) is 0 Å². The first kappa shape index (κ1) is 12.7. The SMILES string of the molecule is COc1ncccc1NC(=O)c1cn(C)nc1C1CC1. The monoisotopic (exact) mass is 272 g/mol. The summed E-state index contributed by atoms with van der Waals surface area (Å²) in [5, 5.41) is 7.22. The molecule has 0 spiro atoms. The summed E-state index contributed by atoms with van der Waals surface area (Å²) in [7, 11) is 3.35. The fourth-order valence-electron chi connectivity index (χ4n) is 2.18. The van der Waals surface area contributed by atoms with Crippen LogP contribution in [0, 0.1) is 0 Å². The van der Waals surface area contributed by atoms with E-state index in [1.54, 1.807) is 29.2 Å². The number of rotatable bonds is 4. The molecule has 20 heavy (non-hydrogen) atoms. The summed E-state index contributed by atoms with van der Waals surface area (Å²) < 4.78 is 6.81. The molecule has 2 heterocycles. The van der Waals surface area contributed by atoms with Crippen LogP contribution in [0.1, 0.15) is 34.8 Å². The van der Waals surface area contributed by atoms with E-state index in [1.165, 1.54) is 7.11 Å². The maximum absolute atomic E-state index is 12.4. The Kier molecular flexibility index (Phi) is 3.14. The van der Waals surface area contributed by atoms with Crippen molar-refractivity contribution >= 4 is 11.6 Å². The molecule has 1 amide bonds. The predicted molar refractivity (Wildman–Crippen MR) is 73.9 cm³/mol. The number of anilines is 1. The molecule has 0 radical (unpaired) electrons. The van der Waals surface area contributed by atoms with Gasteiger partial charge in [-0.25, -0.2) is 4.98 Å². The summed E-state index contributed by atoms with van der Waals surface area (Å²) in [6, 6.07) is 3.51. The highest BCUT2D eigenvalue weighted by atomic mass is 16.5. The minimum atomic E-state index is -0.175. The van der Waals surface area contributed by atoms with Gasteiger partial charge in [-0.3, -0.25) is 9.48 Å². The van der Waals surface area contributed by atoms with E-state index < -0.39 is 0 Å².